The molecule has 2 aromatic heterocycles. The molecular weight excluding hydrogens is 312 g/mol. The second kappa shape index (κ2) is 5.90. The van der Waals surface area contributed by atoms with Gasteiger partial charge in [-0.1, -0.05) is 0 Å². The van der Waals surface area contributed by atoms with Gasteiger partial charge >= 0.3 is 0 Å². The molecule has 2 aromatic rings. The van der Waals surface area contributed by atoms with Crippen molar-refractivity contribution in [3.63, 3.8) is 0 Å². The van der Waals surface area contributed by atoms with Gasteiger partial charge in [-0.15, -0.1) is 11.3 Å². The summed E-state index contributed by atoms with van der Waals surface area (Å²) in [6.07, 6.45) is 4.17. The van der Waals surface area contributed by atoms with Crippen LogP contribution in [0, 0.1) is 0 Å². The molecule has 4 rings (SSSR count). The highest BCUT2D eigenvalue weighted by molar-refractivity contribution is 7.17. The molecule has 0 radical (unpaired) electrons. The van der Waals surface area contributed by atoms with Crippen molar-refractivity contribution in [2.75, 3.05) is 24.5 Å². The first kappa shape index (κ1) is 14.6. The van der Waals surface area contributed by atoms with Crippen LogP contribution in [0.25, 0.3) is 10.6 Å². The Kier molecular flexibility index (Phi) is 3.74. The second-order valence-electron chi connectivity index (χ2n) is 5.95. The maximum atomic E-state index is 11.8. The van der Waals surface area contributed by atoms with Crippen molar-refractivity contribution >= 4 is 23.1 Å². The summed E-state index contributed by atoms with van der Waals surface area (Å²) < 4.78 is 0. The third-order valence-corrected chi connectivity index (χ3v) is 5.41. The van der Waals surface area contributed by atoms with Crippen LogP contribution >= 0.6 is 11.3 Å². The highest BCUT2D eigenvalue weighted by Gasteiger charge is 2.23. The van der Waals surface area contributed by atoms with Crippen molar-refractivity contribution < 1.29 is 9.90 Å². The molecule has 0 spiro atoms. The predicted octanol–water partition coefficient (Wildman–Crippen LogP) is 1.45. The second-order valence-corrected chi connectivity index (χ2v) is 6.95. The van der Waals surface area contributed by atoms with Crippen molar-refractivity contribution in [3.05, 3.63) is 28.9 Å². The van der Waals surface area contributed by atoms with Crippen LogP contribution in [0.3, 0.4) is 0 Å². The highest BCUT2D eigenvalue weighted by Crippen LogP contribution is 2.30. The summed E-state index contributed by atoms with van der Waals surface area (Å²) in [6, 6.07) is 3.96. The number of nitrogens with zero attached hydrogens (tertiary/aromatic N) is 3. The van der Waals surface area contributed by atoms with Gasteiger partial charge in [0.1, 0.15) is 15.7 Å². The monoisotopic (exact) mass is 330 g/mol. The minimum atomic E-state index is -0.269. The van der Waals surface area contributed by atoms with Gasteiger partial charge in [0, 0.05) is 37.8 Å². The number of hydrogen-bond acceptors (Lipinski definition) is 6. The number of rotatable bonds is 2. The van der Waals surface area contributed by atoms with Crippen molar-refractivity contribution in [3.8, 4) is 10.6 Å². The Morgan fingerprint density at radius 3 is 3.04 bits per heavy atom. The van der Waals surface area contributed by atoms with E-state index in [9.17, 15) is 9.90 Å². The van der Waals surface area contributed by atoms with Crippen LogP contribution in [0.5, 0.6) is 0 Å². The summed E-state index contributed by atoms with van der Waals surface area (Å²) in [7, 11) is 0. The van der Waals surface area contributed by atoms with Crippen LogP contribution in [0.1, 0.15) is 28.2 Å². The lowest BCUT2D eigenvalue weighted by Gasteiger charge is -2.30. The number of carbonyl (C=O) groups excluding carboxylic acids is 1. The van der Waals surface area contributed by atoms with E-state index in [0.29, 0.717) is 13.1 Å². The molecule has 120 valence electrons. The van der Waals surface area contributed by atoms with Crippen molar-refractivity contribution in [1.29, 1.82) is 0 Å². The summed E-state index contributed by atoms with van der Waals surface area (Å²) in [5.41, 5.74) is 1.82. The smallest absolute Gasteiger partial charge is 0.263 e. The van der Waals surface area contributed by atoms with Gasteiger partial charge in [-0.3, -0.25) is 4.79 Å². The number of amides is 1. The lowest BCUT2D eigenvalue weighted by Crippen LogP contribution is -2.38. The van der Waals surface area contributed by atoms with Gasteiger partial charge < -0.3 is 15.3 Å². The Labute approximate surface area is 138 Å². The minimum absolute atomic E-state index is 0.0260. The normalized spacial score (nSPS) is 21.0. The maximum absolute atomic E-state index is 11.8. The molecule has 1 saturated heterocycles. The number of pyridine rings is 1. The number of aromatic nitrogens is 2. The summed E-state index contributed by atoms with van der Waals surface area (Å²) in [4.78, 5) is 23.8. The Morgan fingerprint density at radius 1 is 1.39 bits per heavy atom. The van der Waals surface area contributed by atoms with Crippen LogP contribution < -0.4 is 10.2 Å². The molecule has 1 atom stereocenters. The number of fused-ring (bicyclic) bond motifs is 1. The zero-order valence-electron chi connectivity index (χ0n) is 12.7. The van der Waals surface area contributed by atoms with E-state index in [1.165, 1.54) is 11.3 Å². The molecule has 23 heavy (non-hydrogen) atoms. The first-order valence-corrected chi connectivity index (χ1v) is 8.70. The number of thiazole rings is 1. The first-order chi connectivity index (χ1) is 11.2. The molecule has 2 aliphatic heterocycles. The molecule has 1 amide bonds. The van der Waals surface area contributed by atoms with Crippen molar-refractivity contribution in [2.24, 2.45) is 0 Å². The zero-order chi connectivity index (χ0) is 15.8. The minimum Gasteiger partial charge on any atom is -0.391 e. The summed E-state index contributed by atoms with van der Waals surface area (Å²) >= 11 is 1.42. The van der Waals surface area contributed by atoms with E-state index >= 15 is 0 Å². The van der Waals surface area contributed by atoms with Crippen LogP contribution in [-0.4, -0.2) is 46.7 Å². The van der Waals surface area contributed by atoms with E-state index in [1.807, 2.05) is 12.1 Å². The van der Waals surface area contributed by atoms with E-state index in [1.54, 1.807) is 6.20 Å². The topological polar surface area (TPSA) is 78.4 Å². The van der Waals surface area contributed by atoms with E-state index in [-0.39, 0.29) is 12.0 Å². The number of aliphatic hydroxyl groups excluding tert-OH is 1. The average molecular weight is 330 g/mol. The number of anilines is 1. The van der Waals surface area contributed by atoms with Gasteiger partial charge in [-0.05, 0) is 25.0 Å². The molecule has 2 N–H and O–H groups in total. The Balaban J connectivity index is 1.57. The largest absolute Gasteiger partial charge is 0.391 e. The molecule has 0 aromatic carbocycles. The van der Waals surface area contributed by atoms with Gasteiger partial charge in [0.2, 0.25) is 0 Å². The molecule has 4 heterocycles. The number of piperidine rings is 1. The third-order valence-electron chi connectivity index (χ3n) is 4.27. The highest BCUT2D eigenvalue weighted by atomic mass is 32.1. The summed E-state index contributed by atoms with van der Waals surface area (Å²) in [5, 5.41) is 13.5. The maximum Gasteiger partial charge on any atom is 0.263 e. The Morgan fingerprint density at radius 2 is 2.30 bits per heavy atom. The zero-order valence-corrected chi connectivity index (χ0v) is 13.5. The standard InChI is InChI=1S/C16H18N4O2S/c21-11-2-1-7-20(9-11)13-4-3-10(8-18-13)16-19-12-5-6-17-15(22)14(12)23-16/h3-4,8,11,21H,1-2,5-7,9H2,(H,17,22)/t11-/m0/s1. The van der Waals surface area contributed by atoms with Crippen LogP contribution in [-0.2, 0) is 6.42 Å². The van der Waals surface area contributed by atoms with E-state index in [0.717, 1.165) is 52.8 Å². The van der Waals surface area contributed by atoms with Gasteiger partial charge in [0.25, 0.3) is 5.91 Å². The number of β-amino-alcohol motifs (C(OH)–C–C–N with tert-alkyl or cyclic N) is 1. The SMILES string of the molecule is O=C1NCCc2nc(-c3ccc(N4CCC[C@H](O)C4)nc3)sc21. The van der Waals surface area contributed by atoms with Gasteiger partial charge in [0.15, 0.2) is 0 Å². The fourth-order valence-corrected chi connectivity index (χ4v) is 4.08. The number of aliphatic hydroxyl groups is 1. The molecule has 1 fully saturated rings. The van der Waals surface area contributed by atoms with E-state index in [2.05, 4.69) is 20.2 Å². The summed E-state index contributed by atoms with van der Waals surface area (Å²) in [5.74, 6) is 0.855. The molecule has 0 aliphatic carbocycles. The van der Waals surface area contributed by atoms with E-state index < -0.39 is 0 Å². The molecule has 0 unspecified atom stereocenters. The van der Waals surface area contributed by atoms with Gasteiger partial charge in [-0.25, -0.2) is 9.97 Å². The Bertz CT molecular complexity index is 728. The number of carbonyl (C=O) groups is 1. The molecule has 7 heteroatoms. The lowest BCUT2D eigenvalue weighted by atomic mass is 10.1. The number of hydrogen-bond donors (Lipinski definition) is 2. The molecule has 0 saturated carbocycles. The van der Waals surface area contributed by atoms with Crippen molar-refractivity contribution in [1.82, 2.24) is 15.3 Å². The lowest BCUT2D eigenvalue weighted by molar-refractivity contribution is 0.0950. The summed E-state index contributed by atoms with van der Waals surface area (Å²) in [6.45, 7) is 2.22. The third kappa shape index (κ3) is 2.82. The fraction of sp³-hybridized carbons (Fsp3) is 0.438. The first-order valence-electron chi connectivity index (χ1n) is 7.88. The number of nitrogens with one attached hydrogen (secondary N) is 1. The Hall–Kier alpha value is -1.99. The predicted molar refractivity (Wildman–Crippen MR) is 88.8 cm³/mol. The quantitative estimate of drug-likeness (QED) is 0.871. The van der Waals surface area contributed by atoms with Gasteiger partial charge in [0.05, 0.1) is 11.8 Å². The average Bonchev–Trinajstić information content (AvgIpc) is 3.01. The fourth-order valence-electron chi connectivity index (χ4n) is 3.06. The molecule has 2 aliphatic rings. The van der Waals surface area contributed by atoms with E-state index in [4.69, 9.17) is 0 Å². The molecule has 6 nitrogen and oxygen atoms in total. The van der Waals surface area contributed by atoms with Gasteiger partial charge in [-0.2, -0.15) is 0 Å². The molecular formula is C16H18N4O2S. The van der Waals surface area contributed by atoms with Crippen LogP contribution in [0.15, 0.2) is 18.3 Å². The van der Waals surface area contributed by atoms with Crippen LogP contribution in [0.2, 0.25) is 0 Å². The molecule has 0 bridgehead atoms. The van der Waals surface area contributed by atoms with Crippen LogP contribution in [0.4, 0.5) is 5.82 Å². The van der Waals surface area contributed by atoms with Crippen molar-refractivity contribution in [2.45, 2.75) is 25.4 Å².